The zero-order valence-electron chi connectivity index (χ0n) is 22.2. The van der Waals surface area contributed by atoms with E-state index in [0.717, 1.165) is 44.2 Å². The molecule has 2 fully saturated rings. The second kappa shape index (κ2) is 10.5. The molecule has 1 aromatic carbocycles. The fourth-order valence-corrected chi connectivity index (χ4v) is 5.52. The summed E-state index contributed by atoms with van der Waals surface area (Å²) in [7, 11) is 1.69. The highest BCUT2D eigenvalue weighted by Gasteiger charge is 2.36. The van der Waals surface area contributed by atoms with Gasteiger partial charge in [0.05, 0.1) is 12.1 Å². The summed E-state index contributed by atoms with van der Waals surface area (Å²) in [5, 5.41) is 9.43. The molecule has 1 aliphatic heterocycles. The van der Waals surface area contributed by atoms with Crippen molar-refractivity contribution in [2.75, 3.05) is 24.6 Å². The number of hydrogen-bond donors (Lipinski definition) is 0. The fraction of sp³-hybridized carbons (Fsp3) is 0.517. The molecule has 0 N–H and O–H groups in total. The Balaban J connectivity index is 1.42. The van der Waals surface area contributed by atoms with E-state index in [-0.39, 0.29) is 17.8 Å². The maximum Gasteiger partial charge on any atom is 0.349 e. The second-order valence-electron chi connectivity index (χ2n) is 10.5. The lowest BCUT2D eigenvalue weighted by Gasteiger charge is -2.49. The van der Waals surface area contributed by atoms with Gasteiger partial charge in [0.25, 0.3) is 0 Å². The van der Waals surface area contributed by atoms with Crippen LogP contribution in [-0.4, -0.2) is 51.2 Å². The third kappa shape index (κ3) is 5.05. The molecule has 0 bridgehead atoms. The van der Waals surface area contributed by atoms with Gasteiger partial charge in [0.1, 0.15) is 23.0 Å². The van der Waals surface area contributed by atoms with Crippen LogP contribution in [0.15, 0.2) is 41.2 Å². The number of piperazine rings is 1. The van der Waals surface area contributed by atoms with Crippen molar-refractivity contribution in [1.29, 1.82) is 5.26 Å². The summed E-state index contributed by atoms with van der Waals surface area (Å²) in [5.41, 5.74) is 2.60. The van der Waals surface area contributed by atoms with Crippen LogP contribution in [0.5, 0.6) is 5.75 Å². The average Bonchev–Trinajstić information content (AvgIpc) is 3.75. The first kappa shape index (κ1) is 25.2. The molecule has 8 nitrogen and oxygen atoms in total. The van der Waals surface area contributed by atoms with Crippen molar-refractivity contribution in [2.45, 2.75) is 64.6 Å². The van der Waals surface area contributed by atoms with Gasteiger partial charge < -0.3 is 9.64 Å². The average molecular weight is 501 g/mol. The van der Waals surface area contributed by atoms with Gasteiger partial charge in [-0.05, 0) is 68.4 Å². The van der Waals surface area contributed by atoms with E-state index in [1.54, 1.807) is 19.2 Å². The molecule has 8 heteroatoms. The lowest BCUT2D eigenvalue weighted by atomic mass is 9.96. The van der Waals surface area contributed by atoms with Gasteiger partial charge in [0.15, 0.2) is 5.82 Å². The summed E-state index contributed by atoms with van der Waals surface area (Å²) in [5.74, 6) is 2.26. The topological polar surface area (TPSA) is 87.3 Å². The molecule has 2 aliphatic rings. The first-order valence-corrected chi connectivity index (χ1v) is 13.5. The molecule has 0 amide bonds. The molecule has 0 radical (unpaired) electrons. The van der Waals surface area contributed by atoms with Gasteiger partial charge in [0, 0.05) is 38.3 Å². The lowest BCUT2D eigenvalue weighted by molar-refractivity contribution is 0.0939. The van der Waals surface area contributed by atoms with Gasteiger partial charge in [0.2, 0.25) is 0 Å². The largest absolute Gasteiger partial charge is 0.493 e. The summed E-state index contributed by atoms with van der Waals surface area (Å²) in [4.78, 5) is 26.6. The van der Waals surface area contributed by atoms with Crippen LogP contribution in [0, 0.1) is 17.2 Å². The Morgan fingerprint density at radius 1 is 1.11 bits per heavy atom. The van der Waals surface area contributed by atoms with Crippen LogP contribution in [0.3, 0.4) is 0 Å². The first-order valence-electron chi connectivity index (χ1n) is 13.5. The van der Waals surface area contributed by atoms with Crippen molar-refractivity contribution in [1.82, 2.24) is 19.4 Å². The Kier molecular flexibility index (Phi) is 7.16. The summed E-state index contributed by atoms with van der Waals surface area (Å²) in [6.07, 6.45) is 4.56. The Bertz CT molecular complexity index is 1360. The van der Waals surface area contributed by atoms with Gasteiger partial charge in [-0.3, -0.25) is 9.47 Å². The smallest absolute Gasteiger partial charge is 0.349 e. The van der Waals surface area contributed by atoms with Crippen molar-refractivity contribution >= 4 is 16.9 Å². The van der Waals surface area contributed by atoms with Crippen LogP contribution in [0.4, 0.5) is 5.82 Å². The number of ether oxygens (including phenoxy) is 1. The van der Waals surface area contributed by atoms with E-state index < -0.39 is 0 Å². The highest BCUT2D eigenvalue weighted by Crippen LogP contribution is 2.35. The van der Waals surface area contributed by atoms with Crippen molar-refractivity contribution in [2.24, 2.45) is 13.0 Å². The minimum absolute atomic E-state index is 0.119. The normalized spacial score (nSPS) is 21.1. The molecule has 3 atom stereocenters. The van der Waals surface area contributed by atoms with Crippen LogP contribution >= 0.6 is 0 Å². The quantitative estimate of drug-likeness (QED) is 0.452. The number of aryl methyl sites for hydroxylation is 1. The van der Waals surface area contributed by atoms with Crippen molar-refractivity contribution in [3.63, 3.8) is 0 Å². The van der Waals surface area contributed by atoms with Crippen LogP contribution in [0.1, 0.15) is 63.8 Å². The van der Waals surface area contributed by atoms with E-state index in [1.807, 2.05) is 0 Å². The standard InChI is InChI=1S/C29H36N6O2/c1-5-23-17-34(28-27-26(33(4)29(36)32-28)14-11-22(15-30)31-27)19(3)16-35(23)25(6-2)21-9-12-24(13-10-21)37-18-20-7-8-20/h9-14,19-20,23,25H,5-8,16-18H2,1-4H3/t19-,23?,25?/m0/s1. The number of fused-ring (bicyclic) bond motifs is 1. The van der Waals surface area contributed by atoms with Gasteiger partial charge >= 0.3 is 5.69 Å². The zero-order chi connectivity index (χ0) is 26.1. The molecule has 2 unspecified atom stereocenters. The number of rotatable bonds is 8. The molecule has 1 aliphatic carbocycles. The Labute approximate surface area is 218 Å². The third-order valence-electron chi connectivity index (χ3n) is 7.91. The molecule has 1 saturated carbocycles. The van der Waals surface area contributed by atoms with Crippen LogP contribution < -0.4 is 15.3 Å². The van der Waals surface area contributed by atoms with Gasteiger partial charge in [-0.1, -0.05) is 26.0 Å². The SMILES string of the molecule is CCC1CN(c2nc(=O)n(C)c3ccc(C#N)nc23)[C@@H](C)CN1C(CC)c1ccc(OCC2CC2)cc1. The second-order valence-corrected chi connectivity index (χ2v) is 10.5. The highest BCUT2D eigenvalue weighted by molar-refractivity contribution is 5.86. The van der Waals surface area contributed by atoms with E-state index in [2.05, 4.69) is 70.9 Å². The Hall–Kier alpha value is -3.44. The molecule has 3 aromatic rings. The van der Waals surface area contributed by atoms with E-state index in [0.29, 0.717) is 28.6 Å². The Morgan fingerprint density at radius 3 is 2.51 bits per heavy atom. The predicted molar refractivity (Wildman–Crippen MR) is 145 cm³/mol. The van der Waals surface area contributed by atoms with Crippen LogP contribution in [0.2, 0.25) is 0 Å². The minimum Gasteiger partial charge on any atom is -0.493 e. The van der Waals surface area contributed by atoms with Crippen LogP contribution in [0.25, 0.3) is 11.0 Å². The first-order chi connectivity index (χ1) is 17.9. The number of benzene rings is 1. The molecular weight excluding hydrogens is 464 g/mol. The molecular formula is C29H36N6O2. The molecule has 1 saturated heterocycles. The van der Waals surface area contributed by atoms with Gasteiger partial charge in [-0.25, -0.2) is 9.78 Å². The number of aromatic nitrogens is 3. The minimum atomic E-state index is -0.313. The van der Waals surface area contributed by atoms with Crippen molar-refractivity contribution in [3.05, 3.63) is 58.1 Å². The molecule has 37 heavy (non-hydrogen) atoms. The highest BCUT2D eigenvalue weighted by atomic mass is 16.5. The van der Waals surface area contributed by atoms with E-state index in [1.165, 1.54) is 23.0 Å². The van der Waals surface area contributed by atoms with Gasteiger partial charge in [-0.2, -0.15) is 10.2 Å². The maximum atomic E-state index is 12.7. The molecule has 3 heterocycles. The summed E-state index contributed by atoms with van der Waals surface area (Å²) < 4.78 is 7.45. The van der Waals surface area contributed by atoms with E-state index in [4.69, 9.17) is 4.74 Å². The summed E-state index contributed by atoms with van der Waals surface area (Å²) in [6.45, 7) is 9.05. The third-order valence-corrected chi connectivity index (χ3v) is 7.91. The molecule has 194 valence electrons. The summed E-state index contributed by atoms with van der Waals surface area (Å²) >= 11 is 0. The van der Waals surface area contributed by atoms with E-state index in [9.17, 15) is 10.1 Å². The van der Waals surface area contributed by atoms with Gasteiger partial charge in [-0.15, -0.1) is 0 Å². The Morgan fingerprint density at radius 2 is 1.86 bits per heavy atom. The number of nitriles is 1. The number of hydrogen-bond acceptors (Lipinski definition) is 7. The monoisotopic (exact) mass is 500 g/mol. The number of pyridine rings is 1. The van der Waals surface area contributed by atoms with E-state index >= 15 is 0 Å². The van der Waals surface area contributed by atoms with Crippen molar-refractivity contribution in [3.8, 4) is 11.8 Å². The molecule has 5 rings (SSSR count). The number of anilines is 1. The molecule has 0 spiro atoms. The maximum absolute atomic E-state index is 12.7. The zero-order valence-corrected chi connectivity index (χ0v) is 22.2. The fourth-order valence-electron chi connectivity index (χ4n) is 5.52. The van der Waals surface area contributed by atoms with Crippen LogP contribution in [-0.2, 0) is 7.05 Å². The predicted octanol–water partition coefficient (Wildman–Crippen LogP) is 4.43. The lowest BCUT2D eigenvalue weighted by Crippen LogP contribution is -2.58. The van der Waals surface area contributed by atoms with Crippen molar-refractivity contribution < 1.29 is 4.74 Å². The summed E-state index contributed by atoms with van der Waals surface area (Å²) in [6, 6.07) is 14.9. The molecule has 2 aromatic heterocycles. The number of nitrogens with zero attached hydrogens (tertiary/aromatic N) is 6.